The molecular formula is C25H21N3O2. The van der Waals surface area contributed by atoms with Crippen molar-refractivity contribution in [3.63, 3.8) is 0 Å². The smallest absolute Gasteiger partial charge is 0.257 e. The number of hydrogen-bond acceptors (Lipinski definition) is 3. The number of aromatic nitrogens is 1. The molecule has 0 atom stereocenters. The van der Waals surface area contributed by atoms with Crippen molar-refractivity contribution in [2.45, 2.75) is 6.42 Å². The number of amides is 2. The van der Waals surface area contributed by atoms with E-state index in [1.165, 1.54) is 22.5 Å². The van der Waals surface area contributed by atoms with E-state index in [0.29, 0.717) is 23.4 Å². The molecule has 30 heavy (non-hydrogen) atoms. The Hall–Kier alpha value is -3.99. The first kappa shape index (κ1) is 19.3. The van der Waals surface area contributed by atoms with E-state index in [1.54, 1.807) is 42.6 Å². The zero-order valence-corrected chi connectivity index (χ0v) is 16.3. The van der Waals surface area contributed by atoms with Gasteiger partial charge in [0.15, 0.2) is 0 Å². The summed E-state index contributed by atoms with van der Waals surface area (Å²) in [6, 6.07) is 24.7. The normalized spacial score (nSPS) is 10.5. The third kappa shape index (κ3) is 4.52. The number of nitrogens with one attached hydrogen (secondary N) is 2. The van der Waals surface area contributed by atoms with Crippen LogP contribution in [0.25, 0.3) is 10.8 Å². The van der Waals surface area contributed by atoms with Gasteiger partial charge in [0.25, 0.3) is 11.8 Å². The molecule has 0 unspecified atom stereocenters. The van der Waals surface area contributed by atoms with Gasteiger partial charge in [-0.25, -0.2) is 0 Å². The summed E-state index contributed by atoms with van der Waals surface area (Å²) in [5.41, 5.74) is 2.72. The van der Waals surface area contributed by atoms with Crippen molar-refractivity contribution in [1.29, 1.82) is 0 Å². The van der Waals surface area contributed by atoms with Crippen molar-refractivity contribution in [2.24, 2.45) is 0 Å². The van der Waals surface area contributed by atoms with E-state index in [0.717, 1.165) is 6.42 Å². The second kappa shape index (κ2) is 9.01. The van der Waals surface area contributed by atoms with Crippen molar-refractivity contribution < 1.29 is 9.59 Å². The number of benzene rings is 3. The number of carbonyl (C=O) groups excluding carboxylic acids is 2. The van der Waals surface area contributed by atoms with Gasteiger partial charge in [0.2, 0.25) is 0 Å². The van der Waals surface area contributed by atoms with E-state index in [-0.39, 0.29) is 11.8 Å². The van der Waals surface area contributed by atoms with Crippen LogP contribution < -0.4 is 10.6 Å². The lowest BCUT2D eigenvalue weighted by Crippen LogP contribution is -2.25. The third-order valence-electron chi connectivity index (χ3n) is 4.87. The fourth-order valence-corrected chi connectivity index (χ4v) is 3.36. The molecule has 0 spiro atoms. The molecule has 0 saturated carbocycles. The molecule has 0 aliphatic carbocycles. The van der Waals surface area contributed by atoms with Crippen molar-refractivity contribution >= 4 is 28.3 Å². The summed E-state index contributed by atoms with van der Waals surface area (Å²) in [5, 5.41) is 8.16. The second-order valence-electron chi connectivity index (χ2n) is 6.92. The van der Waals surface area contributed by atoms with Crippen LogP contribution in [-0.2, 0) is 6.42 Å². The SMILES string of the molecule is O=C(NCCc1cccc2ccccc12)c1cccc(NC(=O)c2cccnc2)c1. The Kier molecular flexibility index (Phi) is 5.80. The maximum absolute atomic E-state index is 12.6. The van der Waals surface area contributed by atoms with Crippen LogP contribution in [0.5, 0.6) is 0 Å². The van der Waals surface area contributed by atoms with Gasteiger partial charge in [-0.1, -0.05) is 48.5 Å². The number of pyridine rings is 1. The average molecular weight is 395 g/mol. The molecule has 0 saturated heterocycles. The fourth-order valence-electron chi connectivity index (χ4n) is 3.36. The summed E-state index contributed by atoms with van der Waals surface area (Å²) in [7, 11) is 0. The van der Waals surface area contributed by atoms with Gasteiger partial charge < -0.3 is 10.6 Å². The number of rotatable bonds is 6. The van der Waals surface area contributed by atoms with E-state index in [9.17, 15) is 9.59 Å². The molecule has 0 fully saturated rings. The van der Waals surface area contributed by atoms with Gasteiger partial charge in [-0.05, 0) is 53.1 Å². The molecule has 0 aliphatic rings. The quantitative estimate of drug-likeness (QED) is 0.506. The van der Waals surface area contributed by atoms with Gasteiger partial charge >= 0.3 is 0 Å². The van der Waals surface area contributed by atoms with Gasteiger partial charge in [-0.3, -0.25) is 14.6 Å². The highest BCUT2D eigenvalue weighted by atomic mass is 16.2. The maximum atomic E-state index is 12.6. The monoisotopic (exact) mass is 395 g/mol. The van der Waals surface area contributed by atoms with Gasteiger partial charge in [-0.15, -0.1) is 0 Å². The van der Waals surface area contributed by atoms with Crippen LogP contribution in [0.2, 0.25) is 0 Å². The Labute approximate surface area is 174 Å². The second-order valence-corrected chi connectivity index (χ2v) is 6.92. The zero-order valence-electron chi connectivity index (χ0n) is 16.3. The molecule has 5 heteroatoms. The van der Waals surface area contributed by atoms with Crippen molar-refractivity contribution in [2.75, 3.05) is 11.9 Å². The Morgan fingerprint density at radius 3 is 2.47 bits per heavy atom. The minimum absolute atomic E-state index is 0.173. The van der Waals surface area contributed by atoms with Crippen molar-refractivity contribution in [3.05, 3.63) is 108 Å². The zero-order chi connectivity index (χ0) is 20.8. The van der Waals surface area contributed by atoms with Gasteiger partial charge in [0.05, 0.1) is 5.56 Å². The Morgan fingerprint density at radius 1 is 0.800 bits per heavy atom. The van der Waals surface area contributed by atoms with Gasteiger partial charge in [0.1, 0.15) is 0 Å². The molecule has 0 aliphatic heterocycles. The largest absolute Gasteiger partial charge is 0.352 e. The Morgan fingerprint density at radius 2 is 1.60 bits per heavy atom. The molecule has 1 heterocycles. The maximum Gasteiger partial charge on any atom is 0.257 e. The summed E-state index contributed by atoms with van der Waals surface area (Å²) in [6.07, 6.45) is 3.85. The average Bonchev–Trinajstić information content (AvgIpc) is 2.80. The molecular weight excluding hydrogens is 374 g/mol. The Bertz CT molecular complexity index is 1180. The van der Waals surface area contributed by atoms with Crippen LogP contribution in [0.3, 0.4) is 0 Å². The highest BCUT2D eigenvalue weighted by molar-refractivity contribution is 6.05. The standard InChI is InChI=1S/C25H21N3O2/c29-24(27-15-13-19-8-3-7-18-6-1-2-12-23(18)19)20-9-4-11-22(16-20)28-25(30)21-10-5-14-26-17-21/h1-12,14,16-17H,13,15H2,(H,27,29)(H,28,30). The fraction of sp³-hybridized carbons (Fsp3) is 0.0800. The van der Waals surface area contributed by atoms with E-state index in [1.807, 2.05) is 18.2 Å². The molecule has 3 aromatic carbocycles. The topological polar surface area (TPSA) is 71.1 Å². The lowest BCUT2D eigenvalue weighted by atomic mass is 10.0. The number of anilines is 1. The molecule has 0 bridgehead atoms. The van der Waals surface area contributed by atoms with Crippen LogP contribution in [0, 0.1) is 0 Å². The molecule has 0 radical (unpaired) electrons. The number of carbonyl (C=O) groups is 2. The minimum atomic E-state index is -0.267. The first-order valence-corrected chi connectivity index (χ1v) is 9.77. The van der Waals surface area contributed by atoms with Crippen LogP contribution in [0.4, 0.5) is 5.69 Å². The Balaban J connectivity index is 1.38. The van der Waals surface area contributed by atoms with Crippen LogP contribution in [-0.4, -0.2) is 23.3 Å². The number of nitrogens with zero attached hydrogens (tertiary/aromatic N) is 1. The predicted octanol–water partition coefficient (Wildman–Crippen LogP) is 4.46. The van der Waals surface area contributed by atoms with Gasteiger partial charge in [-0.2, -0.15) is 0 Å². The van der Waals surface area contributed by atoms with E-state index >= 15 is 0 Å². The number of fused-ring (bicyclic) bond motifs is 1. The molecule has 4 aromatic rings. The first-order valence-electron chi connectivity index (χ1n) is 9.77. The number of hydrogen-bond donors (Lipinski definition) is 2. The highest BCUT2D eigenvalue weighted by Gasteiger charge is 2.09. The molecule has 4 rings (SSSR count). The third-order valence-corrected chi connectivity index (χ3v) is 4.87. The molecule has 2 amide bonds. The molecule has 148 valence electrons. The van der Waals surface area contributed by atoms with Crippen LogP contribution in [0.15, 0.2) is 91.3 Å². The van der Waals surface area contributed by atoms with E-state index < -0.39 is 0 Å². The summed E-state index contributed by atoms with van der Waals surface area (Å²) in [6.45, 7) is 0.527. The first-order chi connectivity index (χ1) is 14.7. The lowest BCUT2D eigenvalue weighted by Gasteiger charge is -2.10. The van der Waals surface area contributed by atoms with Crippen molar-refractivity contribution in [1.82, 2.24) is 10.3 Å². The molecule has 2 N–H and O–H groups in total. The summed E-state index contributed by atoms with van der Waals surface area (Å²) >= 11 is 0. The molecule has 1 aromatic heterocycles. The van der Waals surface area contributed by atoms with E-state index in [2.05, 4.69) is 39.9 Å². The van der Waals surface area contributed by atoms with Crippen LogP contribution >= 0.6 is 0 Å². The summed E-state index contributed by atoms with van der Waals surface area (Å²) in [4.78, 5) is 28.8. The lowest BCUT2D eigenvalue weighted by molar-refractivity contribution is 0.0952. The highest BCUT2D eigenvalue weighted by Crippen LogP contribution is 2.18. The summed E-state index contributed by atoms with van der Waals surface area (Å²) < 4.78 is 0. The molecule has 5 nitrogen and oxygen atoms in total. The predicted molar refractivity (Wildman–Crippen MR) is 119 cm³/mol. The van der Waals surface area contributed by atoms with Crippen LogP contribution in [0.1, 0.15) is 26.3 Å². The van der Waals surface area contributed by atoms with Crippen molar-refractivity contribution in [3.8, 4) is 0 Å². The van der Waals surface area contributed by atoms with Gasteiger partial charge in [0, 0.05) is 30.2 Å². The minimum Gasteiger partial charge on any atom is -0.352 e. The van der Waals surface area contributed by atoms with E-state index in [4.69, 9.17) is 0 Å². The summed E-state index contributed by atoms with van der Waals surface area (Å²) in [5.74, 6) is -0.440.